The van der Waals surface area contributed by atoms with Gasteiger partial charge in [-0.2, -0.15) is 0 Å². The van der Waals surface area contributed by atoms with Crippen molar-refractivity contribution in [3.05, 3.63) is 124 Å². The summed E-state index contributed by atoms with van der Waals surface area (Å²) < 4.78 is 0. The molecule has 0 fully saturated rings. The maximum Gasteiger partial charge on any atom is 0.300 e. The number of benzene rings is 4. The molecule has 188 valence electrons. The number of carbonyl (C=O) groups excluding carboxylic acids is 1. The van der Waals surface area contributed by atoms with Crippen molar-refractivity contribution >= 4 is 40.3 Å². The van der Waals surface area contributed by atoms with Gasteiger partial charge in [0.25, 0.3) is 0 Å². The number of aliphatic imine (C=N–C) groups is 1. The number of hydrogen-bond acceptors (Lipinski definition) is 4. The van der Waals surface area contributed by atoms with Crippen molar-refractivity contribution in [2.24, 2.45) is 4.99 Å². The van der Waals surface area contributed by atoms with Crippen LogP contribution in [0.25, 0.3) is 0 Å². The molecule has 1 heterocycles. The van der Waals surface area contributed by atoms with Crippen molar-refractivity contribution in [1.82, 2.24) is 0 Å². The number of halogens is 1. The smallest absolute Gasteiger partial charge is 0.300 e. The third-order valence-corrected chi connectivity index (χ3v) is 6.60. The Morgan fingerprint density at radius 3 is 2.53 bits per heavy atom. The maximum atomic E-state index is 12.3. The van der Waals surface area contributed by atoms with E-state index in [-0.39, 0.29) is 5.92 Å². The van der Waals surface area contributed by atoms with Crippen molar-refractivity contribution < 1.29 is 9.90 Å². The molecule has 3 N–H and O–H groups in total. The molecule has 4 aromatic carbocycles. The molecule has 0 saturated heterocycles. The highest BCUT2D eigenvalue weighted by Crippen LogP contribution is 2.39. The van der Waals surface area contributed by atoms with E-state index < -0.39 is 12.1 Å². The Hall–Kier alpha value is -4.37. The van der Waals surface area contributed by atoms with Crippen LogP contribution < -0.4 is 10.6 Å². The van der Waals surface area contributed by atoms with Gasteiger partial charge in [0, 0.05) is 27.9 Å². The molecule has 1 aliphatic rings. The first-order valence-electron chi connectivity index (χ1n) is 12.4. The number of aliphatic hydroxyl groups excluding tert-OH is 1. The molecule has 38 heavy (non-hydrogen) atoms. The maximum absolute atomic E-state index is 12.3. The van der Waals surface area contributed by atoms with Crippen LogP contribution >= 0.6 is 11.6 Å². The SMILES string of the molecule is CCc1ccc(N=C(c2ccccc2)C2c3ccc(C#CC(=O)Nc4cccc(Cl)c4)cc3NC2O)cc1. The van der Waals surface area contributed by atoms with E-state index >= 15 is 0 Å². The van der Waals surface area contributed by atoms with Crippen molar-refractivity contribution in [1.29, 1.82) is 0 Å². The lowest BCUT2D eigenvalue weighted by atomic mass is 9.89. The standard InChI is InChI=1S/C32H26ClN3O2/c1-2-21-11-15-25(16-12-21)35-31(23-7-4-3-5-8-23)30-27-17-13-22(19-28(27)36-32(30)38)14-18-29(37)34-26-10-6-9-24(33)20-26/h3-13,15-17,19-20,30,32,36,38H,2H2,1H3,(H,34,37). The Bertz CT molecular complexity index is 1550. The number of aliphatic hydroxyl groups is 1. The van der Waals surface area contributed by atoms with E-state index in [9.17, 15) is 9.90 Å². The van der Waals surface area contributed by atoms with Gasteiger partial charge in [0.05, 0.1) is 17.3 Å². The highest BCUT2D eigenvalue weighted by Gasteiger charge is 2.35. The van der Waals surface area contributed by atoms with Crippen molar-refractivity contribution in [3.63, 3.8) is 0 Å². The monoisotopic (exact) mass is 519 g/mol. The highest BCUT2D eigenvalue weighted by molar-refractivity contribution is 6.31. The number of aryl methyl sites for hydroxylation is 1. The second-order valence-corrected chi connectivity index (χ2v) is 9.40. The topological polar surface area (TPSA) is 73.7 Å². The van der Waals surface area contributed by atoms with Gasteiger partial charge >= 0.3 is 5.91 Å². The van der Waals surface area contributed by atoms with Gasteiger partial charge in [-0.1, -0.05) is 79.0 Å². The van der Waals surface area contributed by atoms with E-state index in [0.29, 0.717) is 16.3 Å². The Morgan fingerprint density at radius 1 is 1.00 bits per heavy atom. The zero-order chi connectivity index (χ0) is 26.5. The van der Waals surface area contributed by atoms with Crippen molar-refractivity contribution in [2.45, 2.75) is 25.5 Å². The number of hydrogen-bond donors (Lipinski definition) is 3. The first-order valence-corrected chi connectivity index (χ1v) is 12.8. The summed E-state index contributed by atoms with van der Waals surface area (Å²) in [5, 5.41) is 17.5. The first kappa shape index (κ1) is 25.3. The molecule has 1 aliphatic heterocycles. The molecular formula is C32H26ClN3O2. The number of anilines is 2. The van der Waals surface area contributed by atoms with Gasteiger partial charge in [0.1, 0.15) is 6.23 Å². The van der Waals surface area contributed by atoms with Crippen LogP contribution in [0, 0.1) is 11.8 Å². The van der Waals surface area contributed by atoms with Gasteiger partial charge in [-0.15, -0.1) is 0 Å². The molecule has 5 rings (SSSR count). The molecule has 0 radical (unpaired) electrons. The molecule has 2 unspecified atom stereocenters. The molecule has 2 atom stereocenters. The Morgan fingerprint density at radius 2 is 1.79 bits per heavy atom. The number of rotatable bonds is 5. The van der Waals surface area contributed by atoms with Gasteiger partial charge in [0.15, 0.2) is 0 Å². The van der Waals surface area contributed by atoms with E-state index in [4.69, 9.17) is 16.6 Å². The van der Waals surface area contributed by atoms with E-state index in [0.717, 1.165) is 34.6 Å². The second-order valence-electron chi connectivity index (χ2n) is 8.97. The number of carbonyl (C=O) groups is 1. The lowest BCUT2D eigenvalue weighted by Gasteiger charge is -2.19. The average molecular weight is 520 g/mol. The zero-order valence-electron chi connectivity index (χ0n) is 20.8. The fourth-order valence-corrected chi connectivity index (χ4v) is 4.66. The predicted molar refractivity (Wildman–Crippen MR) is 154 cm³/mol. The Labute approximate surface area is 227 Å². The first-order chi connectivity index (χ1) is 18.5. The number of fused-ring (bicyclic) bond motifs is 1. The summed E-state index contributed by atoms with van der Waals surface area (Å²) in [5.41, 5.74) is 6.69. The van der Waals surface area contributed by atoms with Gasteiger partial charge in [0.2, 0.25) is 0 Å². The van der Waals surface area contributed by atoms with E-state index in [1.807, 2.05) is 60.7 Å². The van der Waals surface area contributed by atoms with Gasteiger partial charge in [-0.05, 0) is 65.6 Å². The zero-order valence-corrected chi connectivity index (χ0v) is 21.5. The second kappa shape index (κ2) is 11.4. The van der Waals surface area contributed by atoms with E-state index in [1.165, 1.54) is 5.56 Å². The minimum absolute atomic E-state index is 0.383. The van der Waals surface area contributed by atoms with Gasteiger partial charge in [-0.25, -0.2) is 0 Å². The average Bonchev–Trinajstić information content (AvgIpc) is 3.26. The molecule has 0 aromatic heterocycles. The summed E-state index contributed by atoms with van der Waals surface area (Å²) >= 11 is 5.97. The number of amides is 1. The molecule has 5 nitrogen and oxygen atoms in total. The molecule has 6 heteroatoms. The van der Waals surface area contributed by atoms with Crippen LogP contribution in [0.1, 0.15) is 35.1 Å². The van der Waals surface area contributed by atoms with Crippen molar-refractivity contribution in [2.75, 3.05) is 10.6 Å². The molecule has 1 amide bonds. The van der Waals surface area contributed by atoms with Crippen molar-refractivity contribution in [3.8, 4) is 11.8 Å². The lowest BCUT2D eigenvalue weighted by Crippen LogP contribution is -2.26. The van der Waals surface area contributed by atoms with Crippen LogP contribution in [0.3, 0.4) is 0 Å². The fourth-order valence-electron chi connectivity index (χ4n) is 4.47. The number of nitrogens with zero attached hydrogens (tertiary/aromatic N) is 1. The highest BCUT2D eigenvalue weighted by atomic mass is 35.5. The fraction of sp³-hybridized carbons (Fsp3) is 0.125. The molecule has 0 bridgehead atoms. The van der Waals surface area contributed by atoms with Gasteiger partial charge in [-0.3, -0.25) is 9.79 Å². The van der Waals surface area contributed by atoms with Crippen LogP contribution in [0.15, 0.2) is 102 Å². The van der Waals surface area contributed by atoms with E-state index in [2.05, 4.69) is 41.5 Å². The molecule has 4 aromatic rings. The Kier molecular flexibility index (Phi) is 7.55. The van der Waals surface area contributed by atoms with Crippen LogP contribution in [0.4, 0.5) is 17.1 Å². The Balaban J connectivity index is 1.43. The van der Waals surface area contributed by atoms with Crippen LogP contribution in [0.5, 0.6) is 0 Å². The largest absolute Gasteiger partial charge is 0.373 e. The summed E-state index contributed by atoms with van der Waals surface area (Å²) in [5.74, 6) is 4.70. The van der Waals surface area contributed by atoms with Crippen LogP contribution in [0.2, 0.25) is 5.02 Å². The van der Waals surface area contributed by atoms with Crippen LogP contribution in [-0.2, 0) is 11.2 Å². The molecular weight excluding hydrogens is 494 g/mol. The predicted octanol–water partition coefficient (Wildman–Crippen LogP) is 6.54. The summed E-state index contributed by atoms with van der Waals surface area (Å²) in [6.07, 6.45) is 0.0926. The molecule has 0 spiro atoms. The van der Waals surface area contributed by atoms with Crippen LogP contribution in [-0.4, -0.2) is 23.0 Å². The third-order valence-electron chi connectivity index (χ3n) is 6.37. The molecule has 0 aliphatic carbocycles. The summed E-state index contributed by atoms with van der Waals surface area (Å²) in [6, 6.07) is 30.6. The summed E-state index contributed by atoms with van der Waals surface area (Å²) in [6.45, 7) is 2.12. The molecule has 0 saturated carbocycles. The summed E-state index contributed by atoms with van der Waals surface area (Å²) in [7, 11) is 0. The lowest BCUT2D eigenvalue weighted by molar-refractivity contribution is -0.111. The minimum Gasteiger partial charge on any atom is -0.373 e. The minimum atomic E-state index is -0.867. The van der Waals surface area contributed by atoms with Gasteiger partial charge < -0.3 is 15.7 Å². The number of nitrogens with one attached hydrogen (secondary N) is 2. The normalized spacial score (nSPS) is 16.1. The summed E-state index contributed by atoms with van der Waals surface area (Å²) in [4.78, 5) is 17.3. The third kappa shape index (κ3) is 5.78. The quantitative estimate of drug-likeness (QED) is 0.207. The van der Waals surface area contributed by atoms with E-state index in [1.54, 1.807) is 24.3 Å².